The van der Waals surface area contributed by atoms with Gasteiger partial charge < -0.3 is 5.32 Å². The number of nitrogens with one attached hydrogen (secondary N) is 1. The fourth-order valence-electron chi connectivity index (χ4n) is 2.36. The number of alkyl halides is 3. The highest BCUT2D eigenvalue weighted by Gasteiger charge is 2.28. The molecule has 0 saturated carbocycles. The quantitative estimate of drug-likeness (QED) is 0.811. The number of likely N-dealkylation sites (N-methyl/N-ethyl adjacent to an activating group) is 1. The highest BCUT2D eigenvalue weighted by Crippen LogP contribution is 2.28. The molecule has 110 valence electrons. The van der Waals surface area contributed by atoms with Crippen LogP contribution in [0.25, 0.3) is 10.1 Å². The summed E-state index contributed by atoms with van der Waals surface area (Å²) in [6, 6.07) is 7.90. The van der Waals surface area contributed by atoms with Gasteiger partial charge in [-0.2, -0.15) is 13.2 Å². The minimum atomic E-state index is -4.08. The SMILES string of the molecule is CCNC(CCC(F)(F)F)Cc1csc2ccccc12. The largest absolute Gasteiger partial charge is 0.389 e. The first-order valence-electron chi connectivity index (χ1n) is 6.75. The van der Waals surface area contributed by atoms with E-state index in [4.69, 9.17) is 0 Å². The van der Waals surface area contributed by atoms with Crippen molar-refractivity contribution in [2.24, 2.45) is 0 Å². The van der Waals surface area contributed by atoms with Gasteiger partial charge >= 0.3 is 6.18 Å². The molecular formula is C15H18F3NS. The van der Waals surface area contributed by atoms with E-state index >= 15 is 0 Å². The zero-order valence-corrected chi connectivity index (χ0v) is 12.2. The van der Waals surface area contributed by atoms with Gasteiger partial charge in [0.05, 0.1) is 0 Å². The van der Waals surface area contributed by atoms with E-state index in [9.17, 15) is 13.2 Å². The minimum Gasteiger partial charge on any atom is -0.314 e. The highest BCUT2D eigenvalue weighted by molar-refractivity contribution is 7.17. The Morgan fingerprint density at radius 3 is 2.70 bits per heavy atom. The van der Waals surface area contributed by atoms with Crippen LogP contribution in [0.3, 0.4) is 0 Å². The van der Waals surface area contributed by atoms with Crippen molar-refractivity contribution in [2.45, 2.75) is 38.4 Å². The summed E-state index contributed by atoms with van der Waals surface area (Å²) in [4.78, 5) is 0. The van der Waals surface area contributed by atoms with Gasteiger partial charge in [-0.05, 0) is 41.8 Å². The maximum absolute atomic E-state index is 12.4. The smallest absolute Gasteiger partial charge is 0.314 e. The normalized spacial score (nSPS) is 13.8. The molecule has 1 N–H and O–H groups in total. The average molecular weight is 301 g/mol. The number of hydrogen-bond acceptors (Lipinski definition) is 2. The zero-order chi connectivity index (χ0) is 14.6. The molecule has 0 fully saturated rings. The van der Waals surface area contributed by atoms with E-state index in [-0.39, 0.29) is 12.5 Å². The fraction of sp³-hybridized carbons (Fsp3) is 0.467. The summed E-state index contributed by atoms with van der Waals surface area (Å²) in [5.74, 6) is 0. The van der Waals surface area contributed by atoms with Gasteiger partial charge in [0.1, 0.15) is 0 Å². The van der Waals surface area contributed by atoms with Gasteiger partial charge in [0.25, 0.3) is 0 Å². The average Bonchev–Trinajstić information content (AvgIpc) is 2.79. The number of halogens is 3. The summed E-state index contributed by atoms with van der Waals surface area (Å²) in [7, 11) is 0. The molecule has 2 aromatic rings. The van der Waals surface area contributed by atoms with Gasteiger partial charge in [0, 0.05) is 17.2 Å². The van der Waals surface area contributed by atoms with Gasteiger partial charge in [-0.25, -0.2) is 0 Å². The molecule has 0 saturated heterocycles. The van der Waals surface area contributed by atoms with E-state index in [1.54, 1.807) is 11.3 Å². The first-order valence-corrected chi connectivity index (χ1v) is 7.63. The Kier molecular flexibility index (Phi) is 5.05. The summed E-state index contributed by atoms with van der Waals surface area (Å²) in [6.45, 7) is 2.61. The van der Waals surface area contributed by atoms with Crippen LogP contribution in [0.5, 0.6) is 0 Å². The standard InChI is InChI=1S/C15H18F3NS/c1-2-19-12(7-8-15(16,17)18)9-11-10-20-14-6-4-3-5-13(11)14/h3-6,10,12,19H,2,7-9H2,1H3. The molecule has 1 heterocycles. The Hall–Kier alpha value is -1.07. The molecule has 1 aromatic heterocycles. The molecule has 0 aliphatic carbocycles. The van der Waals surface area contributed by atoms with Crippen LogP contribution in [-0.2, 0) is 6.42 Å². The third-order valence-corrected chi connectivity index (χ3v) is 4.31. The lowest BCUT2D eigenvalue weighted by Gasteiger charge is -2.18. The van der Waals surface area contributed by atoms with Crippen LogP contribution in [0.1, 0.15) is 25.3 Å². The number of rotatable bonds is 6. The van der Waals surface area contributed by atoms with E-state index < -0.39 is 12.6 Å². The molecule has 0 aliphatic rings. The molecule has 1 nitrogen and oxygen atoms in total. The maximum atomic E-state index is 12.4. The van der Waals surface area contributed by atoms with Crippen LogP contribution in [0, 0.1) is 0 Å². The van der Waals surface area contributed by atoms with Crippen LogP contribution in [0.15, 0.2) is 29.6 Å². The molecule has 0 radical (unpaired) electrons. The third kappa shape index (κ3) is 4.21. The summed E-state index contributed by atoms with van der Waals surface area (Å²) < 4.78 is 38.3. The van der Waals surface area contributed by atoms with Crippen LogP contribution >= 0.6 is 11.3 Å². The van der Waals surface area contributed by atoms with Gasteiger partial charge in [-0.1, -0.05) is 25.1 Å². The molecule has 0 aliphatic heterocycles. The Morgan fingerprint density at radius 1 is 1.25 bits per heavy atom. The van der Waals surface area contributed by atoms with Crippen LogP contribution in [0.4, 0.5) is 13.2 Å². The van der Waals surface area contributed by atoms with Crippen LogP contribution in [-0.4, -0.2) is 18.8 Å². The second-order valence-electron chi connectivity index (χ2n) is 4.87. The fourth-order valence-corrected chi connectivity index (χ4v) is 3.33. The first kappa shape index (κ1) is 15.3. The minimum absolute atomic E-state index is 0.125. The molecular weight excluding hydrogens is 283 g/mol. The van der Waals surface area contributed by atoms with Crippen molar-refractivity contribution < 1.29 is 13.2 Å². The predicted octanol–water partition coefficient (Wildman–Crippen LogP) is 4.76. The topological polar surface area (TPSA) is 12.0 Å². The lowest BCUT2D eigenvalue weighted by atomic mass is 10.0. The van der Waals surface area contributed by atoms with Gasteiger partial charge in [-0.15, -0.1) is 11.3 Å². The van der Waals surface area contributed by atoms with E-state index in [0.717, 1.165) is 10.9 Å². The third-order valence-electron chi connectivity index (χ3n) is 3.30. The molecule has 2 rings (SSSR count). The van der Waals surface area contributed by atoms with Crippen LogP contribution < -0.4 is 5.32 Å². The predicted molar refractivity (Wildman–Crippen MR) is 78.3 cm³/mol. The Morgan fingerprint density at radius 2 is 2.00 bits per heavy atom. The lowest BCUT2D eigenvalue weighted by molar-refractivity contribution is -0.136. The van der Waals surface area contributed by atoms with E-state index in [1.165, 1.54) is 4.70 Å². The molecule has 5 heteroatoms. The Balaban J connectivity index is 2.07. The first-order chi connectivity index (χ1) is 9.49. The molecule has 0 bridgehead atoms. The maximum Gasteiger partial charge on any atom is 0.389 e. The molecule has 0 spiro atoms. The van der Waals surface area contributed by atoms with Crippen molar-refractivity contribution in [3.8, 4) is 0 Å². The van der Waals surface area contributed by atoms with Gasteiger partial charge in [0.2, 0.25) is 0 Å². The number of hydrogen-bond donors (Lipinski definition) is 1. The molecule has 1 aromatic carbocycles. The van der Waals surface area contributed by atoms with Crippen molar-refractivity contribution in [1.82, 2.24) is 5.32 Å². The van der Waals surface area contributed by atoms with Crippen LogP contribution in [0.2, 0.25) is 0 Å². The molecule has 1 unspecified atom stereocenters. The van der Waals surface area contributed by atoms with Gasteiger partial charge in [0.15, 0.2) is 0 Å². The summed E-state index contributed by atoms with van der Waals surface area (Å²) in [5, 5.41) is 6.38. The van der Waals surface area contributed by atoms with Crippen molar-refractivity contribution in [1.29, 1.82) is 0 Å². The molecule has 1 atom stereocenters. The number of fused-ring (bicyclic) bond motifs is 1. The van der Waals surface area contributed by atoms with Crippen molar-refractivity contribution in [3.63, 3.8) is 0 Å². The number of benzene rings is 1. The van der Waals surface area contributed by atoms with E-state index in [1.807, 2.05) is 31.2 Å². The monoisotopic (exact) mass is 301 g/mol. The summed E-state index contributed by atoms with van der Waals surface area (Å²) >= 11 is 1.65. The van der Waals surface area contributed by atoms with E-state index in [0.29, 0.717) is 13.0 Å². The second-order valence-corrected chi connectivity index (χ2v) is 5.78. The van der Waals surface area contributed by atoms with Crippen molar-refractivity contribution in [3.05, 3.63) is 35.2 Å². The molecule has 20 heavy (non-hydrogen) atoms. The molecule has 0 amide bonds. The Labute approximate surface area is 120 Å². The lowest BCUT2D eigenvalue weighted by Crippen LogP contribution is -2.32. The van der Waals surface area contributed by atoms with Crippen molar-refractivity contribution in [2.75, 3.05) is 6.54 Å². The number of thiophene rings is 1. The van der Waals surface area contributed by atoms with E-state index in [2.05, 4.69) is 10.7 Å². The zero-order valence-electron chi connectivity index (χ0n) is 11.3. The highest BCUT2D eigenvalue weighted by atomic mass is 32.1. The second kappa shape index (κ2) is 6.59. The summed E-state index contributed by atoms with van der Waals surface area (Å²) in [6.07, 6.45) is -4.04. The van der Waals surface area contributed by atoms with Gasteiger partial charge in [-0.3, -0.25) is 0 Å². The Bertz CT molecular complexity index is 547. The van der Waals surface area contributed by atoms with Crippen molar-refractivity contribution >= 4 is 21.4 Å². The summed E-state index contributed by atoms with van der Waals surface area (Å²) in [5.41, 5.74) is 1.14.